The molecule has 1 heterocycles. The van der Waals surface area contributed by atoms with Crippen molar-refractivity contribution in [2.75, 3.05) is 10.6 Å². The second-order valence-corrected chi connectivity index (χ2v) is 7.26. The molecule has 7 nitrogen and oxygen atoms in total. The number of aromatic nitrogens is 2. The second-order valence-electron chi connectivity index (χ2n) is 6.06. The average Bonchev–Trinajstić information content (AvgIpc) is 3.21. The van der Waals surface area contributed by atoms with Crippen molar-refractivity contribution >= 4 is 58.0 Å². The van der Waals surface area contributed by atoms with Crippen LogP contribution in [-0.4, -0.2) is 26.7 Å². The van der Waals surface area contributed by atoms with Gasteiger partial charge in [0.25, 0.3) is 5.91 Å². The van der Waals surface area contributed by atoms with Crippen molar-refractivity contribution in [3.8, 4) is 5.75 Å². The topological polar surface area (TPSA) is 96.3 Å². The third-order valence-electron chi connectivity index (χ3n) is 4.06. The number of phenolic OH excluding ortho intramolecular Hbond substituents is 1. The van der Waals surface area contributed by atoms with E-state index in [0.29, 0.717) is 11.4 Å². The molecular weight excluding hydrogens is 439 g/mol. The summed E-state index contributed by atoms with van der Waals surface area (Å²) < 4.78 is 1.52. The minimum atomic E-state index is -0.703. The number of aromatic hydroxyl groups is 1. The van der Waals surface area contributed by atoms with Gasteiger partial charge in [-0.2, -0.15) is 5.10 Å². The van der Waals surface area contributed by atoms with E-state index in [2.05, 4.69) is 15.7 Å². The van der Waals surface area contributed by atoms with Gasteiger partial charge in [-0.15, -0.1) is 0 Å². The number of rotatable bonds is 5. The SMILES string of the molecule is CC(C(=O)Nc1cccc(NC(=O)c2c(O)c(Cl)cc(Cl)c2Cl)c1)n1cccn1. The highest BCUT2D eigenvalue weighted by Crippen LogP contribution is 2.38. The van der Waals surface area contributed by atoms with Gasteiger partial charge >= 0.3 is 0 Å². The van der Waals surface area contributed by atoms with Crippen molar-refractivity contribution in [3.05, 3.63) is 69.4 Å². The molecule has 1 unspecified atom stereocenters. The monoisotopic (exact) mass is 452 g/mol. The quantitative estimate of drug-likeness (QED) is 0.474. The number of carbonyl (C=O) groups is 2. The summed E-state index contributed by atoms with van der Waals surface area (Å²) in [5, 5.41) is 19.3. The maximum atomic E-state index is 12.6. The maximum Gasteiger partial charge on any atom is 0.261 e. The highest BCUT2D eigenvalue weighted by atomic mass is 35.5. The third-order valence-corrected chi connectivity index (χ3v) is 5.14. The number of halogens is 3. The molecule has 0 bridgehead atoms. The Morgan fingerprint density at radius 1 is 1.07 bits per heavy atom. The molecule has 3 rings (SSSR count). The Bertz CT molecular complexity index is 1040. The number of benzene rings is 2. The van der Waals surface area contributed by atoms with Gasteiger partial charge in [0, 0.05) is 23.8 Å². The number of nitrogens with one attached hydrogen (secondary N) is 2. The summed E-state index contributed by atoms with van der Waals surface area (Å²) >= 11 is 17.8. The van der Waals surface area contributed by atoms with Crippen LogP contribution in [0.25, 0.3) is 0 Å². The van der Waals surface area contributed by atoms with Crippen LogP contribution in [0, 0.1) is 0 Å². The Labute approximate surface area is 181 Å². The Morgan fingerprint density at radius 2 is 1.76 bits per heavy atom. The molecule has 0 aliphatic carbocycles. The molecule has 1 aromatic heterocycles. The van der Waals surface area contributed by atoms with E-state index in [9.17, 15) is 14.7 Å². The summed E-state index contributed by atoms with van der Waals surface area (Å²) in [6, 6.07) is 8.94. The van der Waals surface area contributed by atoms with E-state index in [1.54, 1.807) is 49.6 Å². The lowest BCUT2D eigenvalue weighted by atomic mass is 10.1. The number of amides is 2. The van der Waals surface area contributed by atoms with E-state index in [-0.39, 0.29) is 26.5 Å². The molecule has 0 saturated carbocycles. The van der Waals surface area contributed by atoms with E-state index in [1.165, 1.54) is 10.7 Å². The number of hydrogen-bond donors (Lipinski definition) is 3. The first kappa shape index (κ1) is 21.0. The first-order valence-electron chi connectivity index (χ1n) is 8.35. The molecular formula is C19H15Cl3N4O3. The van der Waals surface area contributed by atoms with Crippen LogP contribution >= 0.6 is 34.8 Å². The zero-order valence-electron chi connectivity index (χ0n) is 15.0. The van der Waals surface area contributed by atoms with Crippen LogP contribution in [0.5, 0.6) is 5.75 Å². The van der Waals surface area contributed by atoms with Gasteiger partial charge in [-0.25, -0.2) is 0 Å². The van der Waals surface area contributed by atoms with E-state index >= 15 is 0 Å². The Morgan fingerprint density at radius 3 is 2.41 bits per heavy atom. The summed E-state index contributed by atoms with van der Waals surface area (Å²) in [5.74, 6) is -1.46. The van der Waals surface area contributed by atoms with Crippen molar-refractivity contribution in [2.45, 2.75) is 13.0 Å². The molecule has 29 heavy (non-hydrogen) atoms. The summed E-state index contributed by atoms with van der Waals surface area (Å²) in [5.41, 5.74) is 0.586. The summed E-state index contributed by atoms with van der Waals surface area (Å²) in [6.07, 6.45) is 3.27. The first-order chi connectivity index (χ1) is 13.8. The molecule has 0 saturated heterocycles. The fourth-order valence-electron chi connectivity index (χ4n) is 2.54. The first-order valence-corrected chi connectivity index (χ1v) is 9.49. The van der Waals surface area contributed by atoms with Gasteiger partial charge in [0.05, 0.1) is 15.1 Å². The van der Waals surface area contributed by atoms with Gasteiger partial charge < -0.3 is 15.7 Å². The molecule has 150 valence electrons. The highest BCUT2D eigenvalue weighted by molar-refractivity contribution is 6.46. The van der Waals surface area contributed by atoms with Gasteiger partial charge in [0.15, 0.2) is 0 Å². The summed E-state index contributed by atoms with van der Waals surface area (Å²) in [6.45, 7) is 1.71. The predicted octanol–water partition coefficient (Wildman–Crippen LogP) is 5.00. The summed E-state index contributed by atoms with van der Waals surface area (Å²) in [4.78, 5) is 25.0. The molecule has 3 N–H and O–H groups in total. The van der Waals surface area contributed by atoms with Crippen LogP contribution in [0.2, 0.25) is 15.1 Å². The van der Waals surface area contributed by atoms with Crippen molar-refractivity contribution in [1.29, 1.82) is 0 Å². The third kappa shape index (κ3) is 4.64. The number of nitrogens with zero attached hydrogens (tertiary/aromatic N) is 2. The fourth-order valence-corrected chi connectivity index (χ4v) is 3.23. The van der Waals surface area contributed by atoms with Crippen molar-refractivity contribution < 1.29 is 14.7 Å². The van der Waals surface area contributed by atoms with Crippen LogP contribution in [0.15, 0.2) is 48.8 Å². The molecule has 0 aliphatic rings. The van der Waals surface area contributed by atoms with Crippen LogP contribution in [0.1, 0.15) is 23.3 Å². The van der Waals surface area contributed by atoms with Gasteiger partial charge in [-0.1, -0.05) is 40.9 Å². The van der Waals surface area contributed by atoms with Crippen LogP contribution < -0.4 is 10.6 Å². The molecule has 1 atom stereocenters. The predicted molar refractivity (Wildman–Crippen MR) is 113 cm³/mol. The van der Waals surface area contributed by atoms with Crippen molar-refractivity contribution in [3.63, 3.8) is 0 Å². The molecule has 0 fully saturated rings. The molecule has 0 aliphatic heterocycles. The molecule has 3 aromatic rings. The lowest BCUT2D eigenvalue weighted by molar-refractivity contribution is -0.119. The summed E-state index contributed by atoms with van der Waals surface area (Å²) in [7, 11) is 0. The standard InChI is InChI=1S/C19H15Cl3N4O3/c1-10(26-7-3-6-23-26)18(28)24-11-4-2-5-12(8-11)25-19(29)15-16(22)13(20)9-14(21)17(15)27/h2-10,27H,1H3,(H,24,28)(H,25,29). The van der Waals surface area contributed by atoms with E-state index in [0.717, 1.165) is 0 Å². The Hall–Kier alpha value is -2.74. The zero-order chi connectivity index (χ0) is 21.1. The molecule has 10 heteroatoms. The van der Waals surface area contributed by atoms with Gasteiger partial charge in [-0.05, 0) is 37.3 Å². The lowest BCUT2D eigenvalue weighted by Gasteiger charge is -2.14. The fraction of sp³-hybridized carbons (Fsp3) is 0.105. The van der Waals surface area contributed by atoms with Crippen LogP contribution in [-0.2, 0) is 4.79 Å². The number of carbonyl (C=O) groups excluding carboxylic acids is 2. The number of phenols is 1. The lowest BCUT2D eigenvalue weighted by Crippen LogP contribution is -2.24. The zero-order valence-corrected chi connectivity index (χ0v) is 17.3. The number of anilines is 2. The second kappa shape index (κ2) is 8.73. The molecule has 0 radical (unpaired) electrons. The van der Waals surface area contributed by atoms with Crippen molar-refractivity contribution in [2.24, 2.45) is 0 Å². The smallest absolute Gasteiger partial charge is 0.261 e. The average molecular weight is 454 g/mol. The highest BCUT2D eigenvalue weighted by Gasteiger charge is 2.21. The Balaban J connectivity index is 1.77. The van der Waals surface area contributed by atoms with Crippen molar-refractivity contribution in [1.82, 2.24) is 9.78 Å². The minimum Gasteiger partial charge on any atom is -0.505 e. The van der Waals surface area contributed by atoms with Gasteiger partial charge in [0.1, 0.15) is 17.4 Å². The molecule has 2 aromatic carbocycles. The van der Waals surface area contributed by atoms with E-state index in [4.69, 9.17) is 34.8 Å². The van der Waals surface area contributed by atoms with Gasteiger partial charge in [-0.3, -0.25) is 14.3 Å². The molecule has 2 amide bonds. The normalized spacial score (nSPS) is 11.7. The van der Waals surface area contributed by atoms with E-state index < -0.39 is 17.7 Å². The van der Waals surface area contributed by atoms with E-state index in [1.807, 2.05) is 0 Å². The van der Waals surface area contributed by atoms with Crippen LogP contribution in [0.4, 0.5) is 11.4 Å². The Kier molecular flexibility index (Phi) is 6.32. The number of hydrogen-bond acceptors (Lipinski definition) is 4. The molecule has 0 spiro atoms. The van der Waals surface area contributed by atoms with Crippen LogP contribution in [0.3, 0.4) is 0 Å². The maximum absolute atomic E-state index is 12.6. The minimum absolute atomic E-state index is 0.0354. The van der Waals surface area contributed by atoms with Gasteiger partial charge in [0.2, 0.25) is 5.91 Å². The largest absolute Gasteiger partial charge is 0.505 e.